The van der Waals surface area contributed by atoms with E-state index in [1.54, 1.807) is 7.11 Å². The Morgan fingerprint density at radius 3 is 2.71 bits per heavy atom. The van der Waals surface area contributed by atoms with Gasteiger partial charge in [-0.1, -0.05) is 12.1 Å². The Labute approximate surface area is 124 Å². The number of rotatable bonds is 3. The van der Waals surface area contributed by atoms with Crippen LogP contribution in [0.3, 0.4) is 0 Å². The predicted molar refractivity (Wildman–Crippen MR) is 83.8 cm³/mol. The van der Waals surface area contributed by atoms with E-state index in [0.717, 1.165) is 24.4 Å². The third-order valence-electron chi connectivity index (χ3n) is 4.54. The van der Waals surface area contributed by atoms with Crippen molar-refractivity contribution in [3.63, 3.8) is 0 Å². The molecule has 1 aromatic heterocycles. The zero-order valence-corrected chi connectivity index (χ0v) is 12.1. The maximum atomic E-state index is 5.21. The first-order valence-electron chi connectivity index (χ1n) is 7.43. The quantitative estimate of drug-likeness (QED) is 0.937. The maximum Gasteiger partial charge on any atom is 0.118 e. The van der Waals surface area contributed by atoms with Crippen molar-refractivity contribution in [1.29, 1.82) is 0 Å². The number of fused-ring (bicyclic) bond motifs is 2. The summed E-state index contributed by atoms with van der Waals surface area (Å²) in [6.07, 6.45) is 5.17. The molecular formula is C17H19N3O. The van der Waals surface area contributed by atoms with Gasteiger partial charge >= 0.3 is 0 Å². The number of nitrogens with zero attached hydrogens (tertiary/aromatic N) is 2. The zero-order chi connectivity index (χ0) is 14.2. The zero-order valence-electron chi connectivity index (χ0n) is 12.1. The summed E-state index contributed by atoms with van der Waals surface area (Å²) in [5, 5.41) is 3.54. The Balaban J connectivity index is 1.63. The molecule has 108 valence electrons. The van der Waals surface area contributed by atoms with E-state index in [1.165, 1.54) is 17.7 Å². The van der Waals surface area contributed by atoms with Crippen molar-refractivity contribution in [2.75, 3.05) is 25.1 Å². The number of pyridine rings is 1. The normalized spacial score (nSPS) is 23.6. The van der Waals surface area contributed by atoms with Crippen LogP contribution in [0, 0.1) is 0 Å². The molecule has 3 heterocycles. The lowest BCUT2D eigenvalue weighted by Crippen LogP contribution is -2.43. The summed E-state index contributed by atoms with van der Waals surface area (Å²) in [5.74, 6) is 0.880. The molecule has 4 heteroatoms. The number of nitrogens with one attached hydrogen (secondary N) is 1. The van der Waals surface area contributed by atoms with Crippen LogP contribution in [-0.2, 0) is 0 Å². The van der Waals surface area contributed by atoms with E-state index in [0.29, 0.717) is 12.1 Å². The van der Waals surface area contributed by atoms with Crippen LogP contribution < -0.4 is 15.0 Å². The molecule has 21 heavy (non-hydrogen) atoms. The van der Waals surface area contributed by atoms with Crippen LogP contribution in [0.15, 0.2) is 42.7 Å². The molecule has 0 radical (unpaired) electrons. The highest BCUT2D eigenvalue weighted by atomic mass is 16.5. The summed E-state index contributed by atoms with van der Waals surface area (Å²) in [6.45, 7) is 2.19. The average molecular weight is 281 g/mol. The van der Waals surface area contributed by atoms with E-state index in [-0.39, 0.29) is 0 Å². The highest BCUT2D eigenvalue weighted by Crippen LogP contribution is 2.31. The highest BCUT2D eigenvalue weighted by molar-refractivity contribution is 5.68. The van der Waals surface area contributed by atoms with Gasteiger partial charge in [0.05, 0.1) is 19.0 Å². The second-order valence-corrected chi connectivity index (χ2v) is 5.81. The van der Waals surface area contributed by atoms with E-state index in [9.17, 15) is 0 Å². The molecule has 0 saturated carbocycles. The largest absolute Gasteiger partial charge is 0.497 e. The summed E-state index contributed by atoms with van der Waals surface area (Å²) < 4.78 is 5.21. The topological polar surface area (TPSA) is 37.4 Å². The van der Waals surface area contributed by atoms with Gasteiger partial charge in [-0.15, -0.1) is 0 Å². The Kier molecular flexibility index (Phi) is 3.04. The molecule has 2 unspecified atom stereocenters. The summed E-state index contributed by atoms with van der Waals surface area (Å²) >= 11 is 0. The van der Waals surface area contributed by atoms with Crippen molar-refractivity contribution in [2.45, 2.75) is 18.5 Å². The van der Waals surface area contributed by atoms with E-state index in [2.05, 4.69) is 33.4 Å². The van der Waals surface area contributed by atoms with Gasteiger partial charge in [-0.05, 0) is 30.2 Å². The molecule has 2 aromatic rings. The Bertz CT molecular complexity index is 641. The van der Waals surface area contributed by atoms with Crippen molar-refractivity contribution in [3.05, 3.63) is 42.7 Å². The molecule has 2 aliphatic heterocycles. The Morgan fingerprint density at radius 1 is 1.19 bits per heavy atom. The van der Waals surface area contributed by atoms with E-state index in [1.807, 2.05) is 24.5 Å². The number of hydrogen-bond donors (Lipinski definition) is 1. The number of hydrogen-bond acceptors (Lipinski definition) is 4. The van der Waals surface area contributed by atoms with Crippen LogP contribution in [0.5, 0.6) is 5.75 Å². The van der Waals surface area contributed by atoms with Crippen LogP contribution in [-0.4, -0.2) is 37.3 Å². The first-order valence-corrected chi connectivity index (χ1v) is 7.43. The first kappa shape index (κ1) is 12.7. The molecule has 2 saturated heterocycles. The molecule has 1 aromatic carbocycles. The molecule has 4 rings (SSSR count). The van der Waals surface area contributed by atoms with E-state index in [4.69, 9.17) is 4.74 Å². The molecule has 0 aliphatic carbocycles. The molecule has 0 spiro atoms. The third-order valence-corrected chi connectivity index (χ3v) is 4.54. The van der Waals surface area contributed by atoms with Crippen LogP contribution in [0.1, 0.15) is 6.42 Å². The number of methoxy groups -OCH3 is 1. The van der Waals surface area contributed by atoms with E-state index >= 15 is 0 Å². The smallest absolute Gasteiger partial charge is 0.118 e. The van der Waals surface area contributed by atoms with Crippen LogP contribution in [0.25, 0.3) is 11.1 Å². The number of benzene rings is 1. The van der Waals surface area contributed by atoms with Gasteiger partial charge in [-0.3, -0.25) is 4.98 Å². The number of ether oxygens (including phenoxy) is 1. The van der Waals surface area contributed by atoms with Gasteiger partial charge in [0.25, 0.3) is 0 Å². The van der Waals surface area contributed by atoms with E-state index < -0.39 is 0 Å². The van der Waals surface area contributed by atoms with Crippen molar-refractivity contribution in [2.24, 2.45) is 0 Å². The molecule has 2 fully saturated rings. The second-order valence-electron chi connectivity index (χ2n) is 5.81. The molecule has 2 bridgehead atoms. The minimum Gasteiger partial charge on any atom is -0.497 e. The van der Waals surface area contributed by atoms with Crippen molar-refractivity contribution in [1.82, 2.24) is 10.3 Å². The minimum absolute atomic E-state index is 0.628. The minimum atomic E-state index is 0.628. The Morgan fingerprint density at radius 2 is 2.05 bits per heavy atom. The number of piperazine rings is 1. The lowest BCUT2D eigenvalue weighted by atomic mass is 10.1. The summed E-state index contributed by atoms with van der Waals surface area (Å²) in [4.78, 5) is 6.93. The standard InChI is InChI=1S/C17H19N3O/c1-21-17-4-2-12(3-5-17)13-6-15(9-18-8-13)20-11-14-7-16(20)10-19-14/h2-6,8-9,14,16,19H,7,10-11H2,1H3. The molecule has 1 N–H and O–H groups in total. The molecule has 2 atom stereocenters. The van der Waals surface area contributed by atoms with Crippen molar-refractivity contribution < 1.29 is 4.74 Å². The van der Waals surface area contributed by atoms with Crippen molar-refractivity contribution >= 4 is 5.69 Å². The second kappa shape index (κ2) is 5.04. The number of aromatic nitrogens is 1. The van der Waals surface area contributed by atoms with Gasteiger partial charge in [0.2, 0.25) is 0 Å². The fourth-order valence-corrected chi connectivity index (χ4v) is 3.40. The first-order chi connectivity index (χ1) is 10.3. The third kappa shape index (κ3) is 2.25. The van der Waals surface area contributed by atoms with Crippen molar-refractivity contribution in [3.8, 4) is 16.9 Å². The van der Waals surface area contributed by atoms with Gasteiger partial charge < -0.3 is 15.0 Å². The highest BCUT2D eigenvalue weighted by Gasteiger charge is 2.37. The molecular weight excluding hydrogens is 262 g/mol. The maximum absolute atomic E-state index is 5.21. The van der Waals surface area contributed by atoms with Crippen LogP contribution in [0.4, 0.5) is 5.69 Å². The lowest BCUT2D eigenvalue weighted by molar-refractivity contribution is 0.415. The number of anilines is 1. The predicted octanol–water partition coefficient (Wildman–Crippen LogP) is 2.31. The molecule has 4 nitrogen and oxygen atoms in total. The summed E-state index contributed by atoms with van der Waals surface area (Å²) in [6, 6.07) is 11.7. The Hall–Kier alpha value is -2.07. The lowest BCUT2D eigenvalue weighted by Gasteiger charge is -2.29. The summed E-state index contributed by atoms with van der Waals surface area (Å²) in [7, 11) is 1.69. The van der Waals surface area contributed by atoms with Gasteiger partial charge in [0.1, 0.15) is 5.75 Å². The van der Waals surface area contributed by atoms with Crippen LogP contribution in [0.2, 0.25) is 0 Å². The average Bonchev–Trinajstić information content (AvgIpc) is 3.18. The SMILES string of the molecule is COc1ccc(-c2cncc(N3CC4CC3CN4)c2)cc1. The molecule has 0 amide bonds. The van der Waals surface area contributed by atoms with Gasteiger partial charge in [0.15, 0.2) is 0 Å². The van der Waals surface area contributed by atoms with Crippen LogP contribution >= 0.6 is 0 Å². The summed E-state index contributed by atoms with van der Waals surface area (Å²) in [5.41, 5.74) is 3.57. The molecule has 2 aliphatic rings. The van der Waals surface area contributed by atoms with Gasteiger partial charge in [-0.25, -0.2) is 0 Å². The fraction of sp³-hybridized carbons (Fsp3) is 0.353. The fourth-order valence-electron chi connectivity index (χ4n) is 3.40. The van der Waals surface area contributed by atoms with Gasteiger partial charge in [0, 0.05) is 36.9 Å². The van der Waals surface area contributed by atoms with Gasteiger partial charge in [-0.2, -0.15) is 0 Å². The monoisotopic (exact) mass is 281 g/mol.